The molecule has 2 heterocycles. The molecule has 1 aromatic heterocycles. The first-order valence-electron chi connectivity index (χ1n) is 7.34. The molecule has 2 N–H and O–H groups in total. The average Bonchev–Trinajstić information content (AvgIpc) is 2.93. The molecule has 0 bridgehead atoms. The summed E-state index contributed by atoms with van der Waals surface area (Å²) in [5.74, 6) is 1.11. The number of nitrogens with zero attached hydrogens (tertiary/aromatic N) is 1. The lowest BCUT2D eigenvalue weighted by molar-refractivity contribution is 0.0827. The zero-order valence-corrected chi connectivity index (χ0v) is 12.2. The van der Waals surface area contributed by atoms with Gasteiger partial charge in [0, 0.05) is 37.4 Å². The number of aromatic nitrogens is 1. The largest absolute Gasteiger partial charge is 0.378 e. The van der Waals surface area contributed by atoms with Crippen LogP contribution in [0.25, 0.3) is 0 Å². The molecule has 1 saturated heterocycles. The van der Waals surface area contributed by atoms with Crippen molar-refractivity contribution in [3.8, 4) is 0 Å². The van der Waals surface area contributed by atoms with E-state index in [1.54, 1.807) is 18.3 Å². The Kier molecular flexibility index (Phi) is 5.35. The highest BCUT2D eigenvalue weighted by Crippen LogP contribution is 2.22. The summed E-state index contributed by atoms with van der Waals surface area (Å²) in [6.45, 7) is 6.39. The minimum absolute atomic E-state index is 0.0479. The maximum Gasteiger partial charge on any atom is 0.251 e. The van der Waals surface area contributed by atoms with Crippen LogP contribution in [0.5, 0.6) is 0 Å². The fourth-order valence-electron chi connectivity index (χ4n) is 2.55. The van der Waals surface area contributed by atoms with Gasteiger partial charge in [-0.25, -0.2) is 4.98 Å². The first kappa shape index (κ1) is 14.8. The van der Waals surface area contributed by atoms with E-state index in [2.05, 4.69) is 22.5 Å². The van der Waals surface area contributed by atoms with Gasteiger partial charge in [-0.2, -0.15) is 0 Å². The van der Waals surface area contributed by atoms with Gasteiger partial charge >= 0.3 is 0 Å². The number of anilines is 1. The second-order valence-corrected chi connectivity index (χ2v) is 5.04. The van der Waals surface area contributed by atoms with Crippen molar-refractivity contribution in [1.29, 1.82) is 0 Å². The minimum atomic E-state index is -0.0479. The normalized spacial score (nSPS) is 21.7. The van der Waals surface area contributed by atoms with Gasteiger partial charge in [-0.1, -0.05) is 6.92 Å². The molecular formula is C15H23N3O2. The summed E-state index contributed by atoms with van der Waals surface area (Å²) in [4.78, 5) is 16.3. The molecule has 1 aliphatic heterocycles. The number of rotatable bonds is 6. The Balaban J connectivity index is 1.89. The Labute approximate surface area is 120 Å². The van der Waals surface area contributed by atoms with Gasteiger partial charge in [0.15, 0.2) is 0 Å². The maximum atomic E-state index is 12.1. The smallest absolute Gasteiger partial charge is 0.251 e. The zero-order valence-electron chi connectivity index (χ0n) is 12.2. The lowest BCUT2D eigenvalue weighted by atomic mass is 9.99. The van der Waals surface area contributed by atoms with Gasteiger partial charge in [-0.05, 0) is 31.9 Å². The van der Waals surface area contributed by atoms with Crippen LogP contribution in [0.15, 0.2) is 18.3 Å². The van der Waals surface area contributed by atoms with Gasteiger partial charge in [-0.15, -0.1) is 0 Å². The predicted octanol–water partition coefficient (Wildman–Crippen LogP) is 2.06. The highest BCUT2D eigenvalue weighted by molar-refractivity contribution is 5.94. The fraction of sp³-hybridized carbons (Fsp3) is 0.600. The second kappa shape index (κ2) is 7.24. The molecule has 1 aliphatic rings. The number of carbonyl (C=O) groups is 1. The third-order valence-corrected chi connectivity index (χ3v) is 3.65. The Morgan fingerprint density at radius 2 is 2.35 bits per heavy atom. The van der Waals surface area contributed by atoms with E-state index in [1.807, 2.05) is 6.92 Å². The number of nitrogens with one attached hydrogen (secondary N) is 2. The van der Waals surface area contributed by atoms with Crippen molar-refractivity contribution in [2.75, 3.05) is 25.0 Å². The van der Waals surface area contributed by atoms with Crippen LogP contribution in [0.1, 0.15) is 37.0 Å². The molecule has 1 amide bonds. The van der Waals surface area contributed by atoms with Crippen molar-refractivity contribution in [3.63, 3.8) is 0 Å². The molecule has 0 aliphatic carbocycles. The zero-order chi connectivity index (χ0) is 14.4. The summed E-state index contributed by atoms with van der Waals surface area (Å²) >= 11 is 0. The van der Waals surface area contributed by atoms with Crippen LogP contribution in [0.4, 0.5) is 5.82 Å². The van der Waals surface area contributed by atoms with Crippen molar-refractivity contribution in [2.45, 2.75) is 32.8 Å². The van der Waals surface area contributed by atoms with E-state index in [0.717, 1.165) is 31.8 Å². The molecular weight excluding hydrogens is 254 g/mol. The molecule has 5 heteroatoms. The Bertz CT molecular complexity index is 450. The molecule has 0 radical (unpaired) electrons. The molecule has 2 unspecified atom stereocenters. The SMILES string of the molecule is CCNc1cc(C(=O)NCC2CCOC2CC)ccn1. The number of hydrogen-bond donors (Lipinski definition) is 2. The summed E-state index contributed by atoms with van der Waals surface area (Å²) in [6.07, 6.45) is 3.96. The van der Waals surface area contributed by atoms with Crippen molar-refractivity contribution in [1.82, 2.24) is 10.3 Å². The summed E-state index contributed by atoms with van der Waals surface area (Å²) in [6, 6.07) is 3.51. The quantitative estimate of drug-likeness (QED) is 0.835. The van der Waals surface area contributed by atoms with Crippen LogP contribution in [0, 0.1) is 5.92 Å². The van der Waals surface area contributed by atoms with Crippen molar-refractivity contribution >= 4 is 11.7 Å². The average molecular weight is 277 g/mol. The number of amides is 1. The summed E-state index contributed by atoms with van der Waals surface area (Å²) < 4.78 is 5.63. The molecule has 1 aromatic rings. The van der Waals surface area contributed by atoms with Crippen molar-refractivity contribution < 1.29 is 9.53 Å². The first-order valence-corrected chi connectivity index (χ1v) is 7.34. The number of ether oxygens (including phenoxy) is 1. The second-order valence-electron chi connectivity index (χ2n) is 5.04. The van der Waals surface area contributed by atoms with E-state index in [-0.39, 0.29) is 12.0 Å². The van der Waals surface area contributed by atoms with Crippen LogP contribution in [-0.4, -0.2) is 36.7 Å². The monoisotopic (exact) mass is 277 g/mol. The third-order valence-electron chi connectivity index (χ3n) is 3.65. The van der Waals surface area contributed by atoms with Crippen LogP contribution in [0.3, 0.4) is 0 Å². The van der Waals surface area contributed by atoms with Crippen LogP contribution in [-0.2, 0) is 4.74 Å². The van der Waals surface area contributed by atoms with E-state index in [9.17, 15) is 4.79 Å². The van der Waals surface area contributed by atoms with Gasteiger partial charge in [0.25, 0.3) is 5.91 Å². The summed E-state index contributed by atoms with van der Waals surface area (Å²) in [7, 11) is 0. The summed E-state index contributed by atoms with van der Waals surface area (Å²) in [5, 5.41) is 6.11. The third kappa shape index (κ3) is 3.70. The number of carbonyl (C=O) groups excluding carboxylic acids is 1. The number of hydrogen-bond acceptors (Lipinski definition) is 4. The van der Waals surface area contributed by atoms with Gasteiger partial charge in [0.05, 0.1) is 6.10 Å². The van der Waals surface area contributed by atoms with Crippen molar-refractivity contribution in [2.24, 2.45) is 5.92 Å². The van der Waals surface area contributed by atoms with Gasteiger partial charge in [0.2, 0.25) is 0 Å². The molecule has 0 spiro atoms. The van der Waals surface area contributed by atoms with E-state index in [1.165, 1.54) is 0 Å². The topological polar surface area (TPSA) is 63.2 Å². The maximum absolute atomic E-state index is 12.1. The number of pyridine rings is 1. The lowest BCUT2D eigenvalue weighted by Crippen LogP contribution is -2.32. The Morgan fingerprint density at radius 3 is 3.10 bits per heavy atom. The van der Waals surface area contributed by atoms with Crippen molar-refractivity contribution in [3.05, 3.63) is 23.9 Å². The van der Waals surface area contributed by atoms with E-state index >= 15 is 0 Å². The molecule has 20 heavy (non-hydrogen) atoms. The highest BCUT2D eigenvalue weighted by Gasteiger charge is 2.26. The lowest BCUT2D eigenvalue weighted by Gasteiger charge is -2.17. The fourth-order valence-corrected chi connectivity index (χ4v) is 2.55. The van der Waals surface area contributed by atoms with Gasteiger partial charge < -0.3 is 15.4 Å². The van der Waals surface area contributed by atoms with E-state index in [4.69, 9.17) is 4.74 Å². The van der Waals surface area contributed by atoms with E-state index < -0.39 is 0 Å². The van der Waals surface area contributed by atoms with E-state index in [0.29, 0.717) is 18.0 Å². The molecule has 0 saturated carbocycles. The Hall–Kier alpha value is -1.62. The molecule has 0 aromatic carbocycles. The van der Waals surface area contributed by atoms with Gasteiger partial charge in [0.1, 0.15) is 5.82 Å². The van der Waals surface area contributed by atoms with Crippen LogP contribution >= 0.6 is 0 Å². The summed E-state index contributed by atoms with van der Waals surface area (Å²) in [5.41, 5.74) is 0.642. The highest BCUT2D eigenvalue weighted by atomic mass is 16.5. The van der Waals surface area contributed by atoms with Crippen LogP contribution in [0.2, 0.25) is 0 Å². The molecule has 2 rings (SSSR count). The van der Waals surface area contributed by atoms with Crippen LogP contribution < -0.4 is 10.6 Å². The molecule has 2 atom stereocenters. The Morgan fingerprint density at radius 1 is 1.50 bits per heavy atom. The predicted molar refractivity (Wildman–Crippen MR) is 78.9 cm³/mol. The minimum Gasteiger partial charge on any atom is -0.378 e. The standard InChI is InChI=1S/C15H23N3O2/c1-3-13-12(6-8-20-13)10-18-15(19)11-5-7-17-14(9-11)16-4-2/h5,7,9,12-13H,3-4,6,8,10H2,1-2H3,(H,16,17)(H,18,19). The molecule has 110 valence electrons. The van der Waals surface area contributed by atoms with Gasteiger partial charge in [-0.3, -0.25) is 4.79 Å². The first-order chi connectivity index (χ1) is 9.74. The molecule has 1 fully saturated rings. The molecule has 5 nitrogen and oxygen atoms in total.